The third-order valence-corrected chi connectivity index (χ3v) is 3.00. The Kier molecular flexibility index (Phi) is 4.15. The van der Waals surface area contributed by atoms with Crippen molar-refractivity contribution in [3.8, 4) is 11.1 Å². The maximum Gasteiger partial charge on any atom is 0.335 e. The van der Waals surface area contributed by atoms with Gasteiger partial charge in [0, 0.05) is 0 Å². The van der Waals surface area contributed by atoms with Gasteiger partial charge in [-0.05, 0) is 28.8 Å². The van der Waals surface area contributed by atoms with Crippen molar-refractivity contribution < 1.29 is 19.4 Å². The molecule has 0 heterocycles. The highest BCUT2D eigenvalue weighted by atomic mass is 16.5. The van der Waals surface area contributed by atoms with E-state index >= 15 is 0 Å². The minimum atomic E-state index is -0.940. The summed E-state index contributed by atoms with van der Waals surface area (Å²) in [5, 5.41) is 8.85. The molecule has 2 aromatic carbocycles. The summed E-state index contributed by atoms with van der Waals surface area (Å²) >= 11 is 0. The third-order valence-electron chi connectivity index (χ3n) is 3.00. The Balaban J connectivity index is 2.17. The molecule has 4 nitrogen and oxygen atoms in total. The summed E-state index contributed by atoms with van der Waals surface area (Å²) in [5.41, 5.74) is 3.04. The molecule has 0 aliphatic rings. The van der Waals surface area contributed by atoms with Gasteiger partial charge < -0.3 is 9.84 Å². The van der Waals surface area contributed by atoms with Crippen LogP contribution in [0.3, 0.4) is 0 Å². The number of benzene rings is 2. The van der Waals surface area contributed by atoms with E-state index in [0.29, 0.717) is 0 Å². The molecule has 0 fully saturated rings. The fraction of sp³-hybridized carbons (Fsp3) is 0.125. The van der Waals surface area contributed by atoms with Crippen molar-refractivity contribution in [2.45, 2.75) is 6.42 Å². The molecule has 20 heavy (non-hydrogen) atoms. The third kappa shape index (κ3) is 3.23. The summed E-state index contributed by atoms with van der Waals surface area (Å²) in [6, 6.07) is 14.2. The molecule has 1 N–H and O–H groups in total. The Morgan fingerprint density at radius 3 is 1.90 bits per heavy atom. The topological polar surface area (TPSA) is 63.6 Å². The van der Waals surface area contributed by atoms with Crippen LogP contribution in [-0.4, -0.2) is 24.2 Å². The first kappa shape index (κ1) is 13.8. The van der Waals surface area contributed by atoms with Crippen LogP contribution in [-0.2, 0) is 16.0 Å². The van der Waals surface area contributed by atoms with Gasteiger partial charge in [0.05, 0.1) is 19.1 Å². The van der Waals surface area contributed by atoms with E-state index in [2.05, 4.69) is 4.74 Å². The van der Waals surface area contributed by atoms with Crippen LogP contribution in [0.15, 0.2) is 48.5 Å². The normalized spacial score (nSPS) is 10.1. The number of methoxy groups -OCH3 is 1. The summed E-state index contributed by atoms with van der Waals surface area (Å²) in [6.07, 6.45) is 0.245. The lowest BCUT2D eigenvalue weighted by molar-refractivity contribution is -0.139. The minimum Gasteiger partial charge on any atom is -0.478 e. The molecule has 0 atom stereocenters. The summed E-state index contributed by atoms with van der Waals surface area (Å²) < 4.78 is 4.61. The van der Waals surface area contributed by atoms with E-state index in [-0.39, 0.29) is 18.0 Å². The average Bonchev–Trinajstić information content (AvgIpc) is 2.48. The fourth-order valence-electron chi connectivity index (χ4n) is 1.86. The highest BCUT2D eigenvalue weighted by molar-refractivity contribution is 5.88. The van der Waals surface area contributed by atoms with Crippen molar-refractivity contribution in [3.05, 3.63) is 59.7 Å². The van der Waals surface area contributed by atoms with Gasteiger partial charge in [-0.15, -0.1) is 0 Å². The summed E-state index contributed by atoms with van der Waals surface area (Å²) in [4.78, 5) is 21.9. The summed E-state index contributed by atoms with van der Waals surface area (Å²) in [7, 11) is 1.36. The van der Waals surface area contributed by atoms with Crippen LogP contribution in [0.5, 0.6) is 0 Å². The zero-order chi connectivity index (χ0) is 14.5. The molecule has 0 aromatic heterocycles. The van der Waals surface area contributed by atoms with E-state index in [1.165, 1.54) is 7.11 Å². The maximum atomic E-state index is 11.2. The number of carbonyl (C=O) groups excluding carboxylic acids is 1. The number of hydrogen-bond acceptors (Lipinski definition) is 3. The van der Waals surface area contributed by atoms with Gasteiger partial charge in [-0.2, -0.15) is 0 Å². The summed E-state index contributed by atoms with van der Waals surface area (Å²) in [5.74, 6) is -1.21. The van der Waals surface area contributed by atoms with Crippen molar-refractivity contribution in [2.75, 3.05) is 7.11 Å². The van der Waals surface area contributed by atoms with Gasteiger partial charge in [0.25, 0.3) is 0 Å². The van der Waals surface area contributed by atoms with Crippen molar-refractivity contribution >= 4 is 11.9 Å². The van der Waals surface area contributed by atoms with Gasteiger partial charge in [0.1, 0.15) is 0 Å². The van der Waals surface area contributed by atoms with Crippen molar-refractivity contribution in [2.24, 2.45) is 0 Å². The molecule has 0 aliphatic heterocycles. The Bertz CT molecular complexity index is 612. The van der Waals surface area contributed by atoms with E-state index in [0.717, 1.165) is 16.7 Å². The molecule has 0 bridgehead atoms. The molecule has 0 spiro atoms. The minimum absolute atomic E-state index is 0.245. The Morgan fingerprint density at radius 2 is 1.45 bits per heavy atom. The molecule has 2 rings (SSSR count). The number of aromatic carboxylic acids is 1. The van der Waals surface area contributed by atoms with Crippen LogP contribution in [0.25, 0.3) is 11.1 Å². The van der Waals surface area contributed by atoms with E-state index in [1.54, 1.807) is 24.3 Å². The maximum absolute atomic E-state index is 11.2. The van der Waals surface area contributed by atoms with Gasteiger partial charge in [-0.25, -0.2) is 4.79 Å². The number of carboxylic acids is 1. The molecule has 102 valence electrons. The predicted molar refractivity (Wildman–Crippen MR) is 74.6 cm³/mol. The fourth-order valence-corrected chi connectivity index (χ4v) is 1.86. The van der Waals surface area contributed by atoms with E-state index in [9.17, 15) is 9.59 Å². The van der Waals surface area contributed by atoms with Crippen molar-refractivity contribution in [1.82, 2.24) is 0 Å². The second kappa shape index (κ2) is 6.02. The van der Waals surface area contributed by atoms with Gasteiger partial charge in [-0.3, -0.25) is 4.79 Å². The Hall–Kier alpha value is -2.62. The molecular weight excluding hydrogens is 256 g/mol. The zero-order valence-electron chi connectivity index (χ0n) is 11.0. The highest BCUT2D eigenvalue weighted by Crippen LogP contribution is 2.20. The van der Waals surface area contributed by atoms with Crippen LogP contribution in [0.4, 0.5) is 0 Å². The molecule has 0 aliphatic carbocycles. The summed E-state index contributed by atoms with van der Waals surface area (Å²) in [6.45, 7) is 0. The number of hydrogen-bond donors (Lipinski definition) is 1. The second-order valence-electron chi connectivity index (χ2n) is 4.33. The Labute approximate surface area is 116 Å². The van der Waals surface area contributed by atoms with Crippen molar-refractivity contribution in [1.29, 1.82) is 0 Å². The van der Waals surface area contributed by atoms with Crippen LogP contribution in [0, 0.1) is 0 Å². The monoisotopic (exact) mass is 270 g/mol. The lowest BCUT2D eigenvalue weighted by atomic mass is 10.0. The zero-order valence-corrected chi connectivity index (χ0v) is 11.0. The van der Waals surface area contributed by atoms with E-state index < -0.39 is 5.97 Å². The van der Waals surface area contributed by atoms with E-state index in [1.807, 2.05) is 24.3 Å². The van der Waals surface area contributed by atoms with E-state index in [4.69, 9.17) is 5.11 Å². The van der Waals surface area contributed by atoms with Crippen LogP contribution in [0.2, 0.25) is 0 Å². The van der Waals surface area contributed by atoms with Crippen LogP contribution < -0.4 is 0 Å². The first-order chi connectivity index (χ1) is 9.60. The highest BCUT2D eigenvalue weighted by Gasteiger charge is 2.05. The largest absolute Gasteiger partial charge is 0.478 e. The molecule has 0 unspecified atom stereocenters. The van der Waals surface area contributed by atoms with Gasteiger partial charge in [-0.1, -0.05) is 36.4 Å². The molecule has 2 aromatic rings. The molecule has 4 heteroatoms. The number of esters is 1. The molecule has 0 radical (unpaired) electrons. The molecular formula is C16H14O4. The molecule has 0 saturated heterocycles. The second-order valence-corrected chi connectivity index (χ2v) is 4.33. The first-order valence-electron chi connectivity index (χ1n) is 6.09. The predicted octanol–water partition coefficient (Wildman–Crippen LogP) is 2.77. The molecule has 0 amide bonds. The average molecular weight is 270 g/mol. The SMILES string of the molecule is COC(=O)Cc1ccc(-c2ccc(C(=O)O)cc2)cc1. The van der Waals surface area contributed by atoms with Gasteiger partial charge in [0.15, 0.2) is 0 Å². The van der Waals surface area contributed by atoms with Crippen molar-refractivity contribution in [3.63, 3.8) is 0 Å². The number of rotatable bonds is 4. The number of ether oxygens (including phenoxy) is 1. The lowest BCUT2D eigenvalue weighted by Gasteiger charge is -2.04. The smallest absolute Gasteiger partial charge is 0.335 e. The lowest BCUT2D eigenvalue weighted by Crippen LogP contribution is -2.04. The number of carbonyl (C=O) groups is 2. The Morgan fingerprint density at radius 1 is 0.950 bits per heavy atom. The van der Waals surface area contributed by atoms with Crippen LogP contribution >= 0.6 is 0 Å². The van der Waals surface area contributed by atoms with Crippen LogP contribution in [0.1, 0.15) is 15.9 Å². The van der Waals surface area contributed by atoms with Gasteiger partial charge in [0.2, 0.25) is 0 Å². The standard InChI is InChI=1S/C16H14O4/c1-20-15(17)10-11-2-4-12(5-3-11)13-6-8-14(9-7-13)16(18)19/h2-9H,10H2,1H3,(H,18,19). The quantitative estimate of drug-likeness (QED) is 0.868. The first-order valence-corrected chi connectivity index (χ1v) is 6.09. The molecule has 0 saturated carbocycles. The van der Waals surface area contributed by atoms with Gasteiger partial charge >= 0.3 is 11.9 Å². The number of carboxylic acid groups (broad SMARTS) is 1.